The van der Waals surface area contributed by atoms with Crippen molar-refractivity contribution < 1.29 is 14.3 Å². The van der Waals surface area contributed by atoms with E-state index >= 15 is 0 Å². The summed E-state index contributed by atoms with van der Waals surface area (Å²) in [6.45, 7) is 2.61. The fourth-order valence-electron chi connectivity index (χ4n) is 2.91. The molecular weight excluding hydrogens is 322 g/mol. The average molecular weight is 340 g/mol. The molecule has 118 valence electrons. The van der Waals surface area contributed by atoms with Crippen LogP contribution in [0, 0.1) is 6.92 Å². The third-order valence-electron chi connectivity index (χ3n) is 4.10. The number of hydrogen-bond donors (Lipinski definition) is 1. The fraction of sp³-hybridized carbons (Fsp3) is 0.438. The molecule has 3 rings (SSSR count). The first kappa shape index (κ1) is 15.6. The number of rotatable bonds is 4. The summed E-state index contributed by atoms with van der Waals surface area (Å²) in [4.78, 5) is 15.1. The largest absolute Gasteiger partial charge is 0.467 e. The Morgan fingerprint density at radius 2 is 2.45 bits per heavy atom. The average Bonchev–Trinajstić information content (AvgIpc) is 3.22. The highest BCUT2D eigenvalue weighted by Gasteiger charge is 2.33. The Balaban J connectivity index is 1.73. The Bertz CT molecular complexity index is 652. The lowest BCUT2D eigenvalue weighted by Gasteiger charge is -2.25. The van der Waals surface area contributed by atoms with E-state index in [2.05, 4.69) is 0 Å². The molecule has 3 heterocycles. The molecule has 4 nitrogen and oxygen atoms in total. The number of aryl methyl sites for hydroxylation is 1. The molecule has 22 heavy (non-hydrogen) atoms. The first-order valence-electron chi connectivity index (χ1n) is 7.34. The second-order valence-electron chi connectivity index (χ2n) is 5.62. The number of likely N-dealkylation sites (tertiary alicyclic amines) is 1. The zero-order valence-corrected chi connectivity index (χ0v) is 13.9. The molecule has 2 aromatic heterocycles. The van der Waals surface area contributed by atoms with E-state index in [1.807, 2.05) is 17.2 Å². The van der Waals surface area contributed by atoms with Gasteiger partial charge in [0.1, 0.15) is 16.7 Å². The van der Waals surface area contributed by atoms with Gasteiger partial charge < -0.3 is 14.4 Å². The number of carbonyl (C=O) groups excluding carboxylic acids is 1. The molecule has 0 radical (unpaired) electrons. The van der Waals surface area contributed by atoms with Crippen molar-refractivity contribution >= 4 is 28.8 Å². The highest BCUT2D eigenvalue weighted by atomic mass is 35.5. The topological polar surface area (TPSA) is 53.7 Å². The molecule has 1 amide bonds. The monoisotopic (exact) mass is 339 g/mol. The van der Waals surface area contributed by atoms with Crippen molar-refractivity contribution in [3.63, 3.8) is 0 Å². The van der Waals surface area contributed by atoms with Gasteiger partial charge in [-0.05, 0) is 42.8 Å². The van der Waals surface area contributed by atoms with E-state index in [-0.39, 0.29) is 11.9 Å². The Hall–Kier alpha value is -1.30. The molecule has 2 atom stereocenters. The van der Waals surface area contributed by atoms with Crippen molar-refractivity contribution in [3.05, 3.63) is 45.0 Å². The number of aliphatic hydroxyl groups is 1. The smallest absolute Gasteiger partial charge is 0.265 e. The summed E-state index contributed by atoms with van der Waals surface area (Å²) in [6.07, 6.45) is 3.19. The molecule has 1 saturated heterocycles. The molecule has 0 aliphatic carbocycles. The van der Waals surface area contributed by atoms with Crippen LogP contribution in [0.15, 0.2) is 28.2 Å². The third kappa shape index (κ3) is 2.93. The molecule has 1 fully saturated rings. The lowest BCUT2D eigenvalue weighted by Crippen LogP contribution is -2.36. The second kappa shape index (κ2) is 6.44. The second-order valence-corrected chi connectivity index (χ2v) is 6.88. The van der Waals surface area contributed by atoms with Gasteiger partial charge in [-0.1, -0.05) is 11.6 Å². The summed E-state index contributed by atoms with van der Waals surface area (Å²) in [6, 6.07) is 3.53. The molecule has 1 aliphatic heterocycles. The maximum atomic E-state index is 12.7. The number of halogens is 1. The normalized spacial score (nSPS) is 19.6. The molecule has 1 aliphatic rings. The van der Waals surface area contributed by atoms with Crippen LogP contribution in [0.4, 0.5) is 0 Å². The standard InChI is InChI=1S/C16H18ClNO3S/c1-10-9-22-15(14(10)17)16(20)18-6-2-4-11(18)8-12(19)13-5-3-7-21-13/h3,5,7,9,11-12,19H,2,4,6,8H2,1H3/t11-,12+/m0/s1. The lowest BCUT2D eigenvalue weighted by atomic mass is 10.1. The van der Waals surface area contributed by atoms with Crippen molar-refractivity contribution in [3.8, 4) is 0 Å². The van der Waals surface area contributed by atoms with E-state index in [1.165, 1.54) is 11.3 Å². The zero-order valence-electron chi connectivity index (χ0n) is 12.3. The molecule has 0 spiro atoms. The van der Waals surface area contributed by atoms with Crippen LogP contribution in [-0.2, 0) is 0 Å². The van der Waals surface area contributed by atoms with Crippen molar-refractivity contribution in [1.82, 2.24) is 4.90 Å². The molecule has 0 aromatic carbocycles. The number of carbonyl (C=O) groups is 1. The molecule has 0 saturated carbocycles. The number of thiophene rings is 1. The summed E-state index contributed by atoms with van der Waals surface area (Å²) in [5, 5.41) is 12.7. The Kier molecular flexibility index (Phi) is 4.57. The van der Waals surface area contributed by atoms with Crippen LogP contribution in [-0.4, -0.2) is 28.5 Å². The molecular formula is C16H18ClNO3S. The van der Waals surface area contributed by atoms with Crippen molar-refractivity contribution in [1.29, 1.82) is 0 Å². The van der Waals surface area contributed by atoms with Crippen LogP contribution in [0.3, 0.4) is 0 Å². The molecule has 6 heteroatoms. The number of hydrogen-bond acceptors (Lipinski definition) is 4. The number of amides is 1. The minimum atomic E-state index is -0.686. The number of nitrogens with zero attached hydrogens (tertiary/aromatic N) is 1. The third-order valence-corrected chi connectivity index (χ3v) is 5.78. The molecule has 1 N–H and O–H groups in total. The number of aliphatic hydroxyl groups excluding tert-OH is 1. The molecule has 0 unspecified atom stereocenters. The van der Waals surface area contributed by atoms with Crippen LogP contribution < -0.4 is 0 Å². The summed E-state index contributed by atoms with van der Waals surface area (Å²) in [5.41, 5.74) is 0.932. The summed E-state index contributed by atoms with van der Waals surface area (Å²) < 4.78 is 5.24. The Morgan fingerprint density at radius 3 is 3.09 bits per heavy atom. The van der Waals surface area contributed by atoms with Crippen LogP contribution in [0.5, 0.6) is 0 Å². The van der Waals surface area contributed by atoms with Crippen LogP contribution in [0.2, 0.25) is 5.02 Å². The quantitative estimate of drug-likeness (QED) is 0.914. The van der Waals surface area contributed by atoms with Gasteiger partial charge in [-0.15, -0.1) is 11.3 Å². The Labute approximate surface area is 138 Å². The predicted molar refractivity (Wildman–Crippen MR) is 86.4 cm³/mol. The summed E-state index contributed by atoms with van der Waals surface area (Å²) in [7, 11) is 0. The van der Waals surface area contributed by atoms with E-state index in [0.29, 0.717) is 28.6 Å². The van der Waals surface area contributed by atoms with Gasteiger partial charge in [-0.2, -0.15) is 0 Å². The van der Waals surface area contributed by atoms with E-state index < -0.39 is 6.10 Å². The predicted octanol–water partition coefficient (Wildman–Crippen LogP) is 4.03. The van der Waals surface area contributed by atoms with Gasteiger partial charge in [0.25, 0.3) is 5.91 Å². The van der Waals surface area contributed by atoms with Gasteiger partial charge in [0, 0.05) is 19.0 Å². The maximum absolute atomic E-state index is 12.7. The van der Waals surface area contributed by atoms with E-state index in [0.717, 1.165) is 18.4 Å². The number of furan rings is 1. The van der Waals surface area contributed by atoms with Gasteiger partial charge in [-0.25, -0.2) is 0 Å². The van der Waals surface area contributed by atoms with Gasteiger partial charge in [0.15, 0.2) is 0 Å². The fourth-order valence-corrected chi connectivity index (χ4v) is 4.14. The van der Waals surface area contributed by atoms with Crippen molar-refractivity contribution in [2.24, 2.45) is 0 Å². The van der Waals surface area contributed by atoms with Gasteiger partial charge >= 0.3 is 0 Å². The van der Waals surface area contributed by atoms with E-state index in [1.54, 1.807) is 18.4 Å². The SMILES string of the molecule is Cc1csc(C(=O)N2CCC[C@H]2C[C@@H](O)c2ccco2)c1Cl. The highest BCUT2D eigenvalue weighted by Crippen LogP contribution is 2.33. The van der Waals surface area contributed by atoms with Crippen LogP contribution in [0.1, 0.15) is 46.4 Å². The van der Waals surface area contributed by atoms with Gasteiger partial charge in [0.2, 0.25) is 0 Å². The summed E-state index contributed by atoms with van der Waals surface area (Å²) in [5.74, 6) is 0.515. The van der Waals surface area contributed by atoms with Gasteiger partial charge in [0.05, 0.1) is 11.3 Å². The first-order chi connectivity index (χ1) is 10.6. The van der Waals surface area contributed by atoms with Crippen LogP contribution in [0.25, 0.3) is 0 Å². The van der Waals surface area contributed by atoms with Crippen molar-refractivity contribution in [2.75, 3.05) is 6.54 Å². The van der Waals surface area contributed by atoms with E-state index in [4.69, 9.17) is 16.0 Å². The van der Waals surface area contributed by atoms with Gasteiger partial charge in [-0.3, -0.25) is 4.79 Å². The minimum absolute atomic E-state index is 0.0195. The first-order valence-corrected chi connectivity index (χ1v) is 8.59. The maximum Gasteiger partial charge on any atom is 0.265 e. The zero-order chi connectivity index (χ0) is 15.7. The van der Waals surface area contributed by atoms with Crippen molar-refractivity contribution in [2.45, 2.75) is 38.3 Å². The van der Waals surface area contributed by atoms with E-state index in [9.17, 15) is 9.90 Å². The lowest BCUT2D eigenvalue weighted by molar-refractivity contribution is 0.0646. The molecule has 2 aromatic rings. The highest BCUT2D eigenvalue weighted by molar-refractivity contribution is 7.13. The molecule has 0 bridgehead atoms. The minimum Gasteiger partial charge on any atom is -0.467 e. The Morgan fingerprint density at radius 1 is 1.64 bits per heavy atom. The summed E-state index contributed by atoms with van der Waals surface area (Å²) >= 11 is 7.60. The van der Waals surface area contributed by atoms with Crippen LogP contribution >= 0.6 is 22.9 Å².